The molecule has 9 heteroatoms. The SMILES string of the molecule is O=C(NC1CCCOC1)c1cccc(NS(=O)(=O)c2cc(Cl)ccc2Cl)c1. The summed E-state index contributed by atoms with van der Waals surface area (Å²) in [6, 6.07) is 10.4. The molecule has 1 heterocycles. The Labute approximate surface area is 167 Å². The van der Waals surface area contributed by atoms with Crippen molar-refractivity contribution in [3.05, 3.63) is 58.1 Å². The van der Waals surface area contributed by atoms with Crippen LogP contribution >= 0.6 is 23.2 Å². The van der Waals surface area contributed by atoms with Gasteiger partial charge in [-0.3, -0.25) is 9.52 Å². The highest BCUT2D eigenvalue weighted by Crippen LogP contribution is 2.27. The molecule has 27 heavy (non-hydrogen) atoms. The lowest BCUT2D eigenvalue weighted by atomic mass is 10.1. The number of hydrogen-bond donors (Lipinski definition) is 2. The summed E-state index contributed by atoms with van der Waals surface area (Å²) in [5.74, 6) is -0.285. The average Bonchev–Trinajstić information content (AvgIpc) is 2.64. The predicted molar refractivity (Wildman–Crippen MR) is 105 cm³/mol. The number of nitrogens with one attached hydrogen (secondary N) is 2. The standard InChI is InChI=1S/C18H18Cl2N2O4S/c19-13-6-7-16(20)17(10-13)27(24,25)22-14-4-1-3-12(9-14)18(23)21-15-5-2-8-26-11-15/h1,3-4,6-7,9-10,15,22H,2,5,8,11H2,(H,21,23). The van der Waals surface area contributed by atoms with Crippen molar-refractivity contribution < 1.29 is 17.9 Å². The lowest BCUT2D eigenvalue weighted by Crippen LogP contribution is -2.40. The first-order chi connectivity index (χ1) is 12.8. The molecule has 1 saturated heterocycles. The summed E-state index contributed by atoms with van der Waals surface area (Å²) in [7, 11) is -3.95. The number of halogens is 2. The van der Waals surface area contributed by atoms with Crippen molar-refractivity contribution in [3.8, 4) is 0 Å². The van der Waals surface area contributed by atoms with E-state index >= 15 is 0 Å². The Hall–Kier alpha value is -1.80. The third-order valence-corrected chi connectivity index (χ3v) is 6.15. The van der Waals surface area contributed by atoms with Gasteiger partial charge in [-0.05, 0) is 49.2 Å². The normalized spacial score (nSPS) is 17.3. The number of benzene rings is 2. The lowest BCUT2D eigenvalue weighted by molar-refractivity contribution is 0.0624. The monoisotopic (exact) mass is 428 g/mol. The summed E-state index contributed by atoms with van der Waals surface area (Å²) in [6.07, 6.45) is 1.75. The molecule has 0 aromatic heterocycles. The van der Waals surface area contributed by atoms with E-state index in [1.54, 1.807) is 18.2 Å². The van der Waals surface area contributed by atoms with E-state index < -0.39 is 10.0 Å². The Morgan fingerprint density at radius 1 is 1.15 bits per heavy atom. The molecule has 0 spiro atoms. The zero-order valence-corrected chi connectivity index (χ0v) is 16.6. The first-order valence-electron chi connectivity index (χ1n) is 8.32. The van der Waals surface area contributed by atoms with Crippen molar-refractivity contribution in [2.45, 2.75) is 23.8 Å². The minimum Gasteiger partial charge on any atom is -0.379 e. The Kier molecular flexibility index (Phi) is 6.26. The van der Waals surface area contributed by atoms with Gasteiger partial charge in [-0.2, -0.15) is 0 Å². The number of rotatable bonds is 5. The van der Waals surface area contributed by atoms with Crippen LogP contribution in [-0.2, 0) is 14.8 Å². The molecule has 1 aliphatic rings. The smallest absolute Gasteiger partial charge is 0.263 e. The highest BCUT2D eigenvalue weighted by Gasteiger charge is 2.20. The van der Waals surface area contributed by atoms with E-state index in [4.69, 9.17) is 27.9 Å². The van der Waals surface area contributed by atoms with Crippen molar-refractivity contribution in [1.29, 1.82) is 0 Å². The maximum Gasteiger partial charge on any atom is 0.263 e. The molecule has 1 unspecified atom stereocenters. The van der Waals surface area contributed by atoms with E-state index in [0.717, 1.165) is 12.8 Å². The Bertz CT molecular complexity index is 944. The van der Waals surface area contributed by atoms with Gasteiger partial charge in [0.05, 0.1) is 17.7 Å². The van der Waals surface area contributed by atoms with Gasteiger partial charge in [0.1, 0.15) is 4.90 Å². The van der Waals surface area contributed by atoms with E-state index in [-0.39, 0.29) is 32.6 Å². The summed E-state index contributed by atoms with van der Waals surface area (Å²) in [6.45, 7) is 1.18. The molecule has 1 atom stereocenters. The summed E-state index contributed by atoms with van der Waals surface area (Å²) >= 11 is 11.9. The van der Waals surface area contributed by atoms with Gasteiger partial charge in [-0.15, -0.1) is 0 Å². The van der Waals surface area contributed by atoms with Crippen LogP contribution < -0.4 is 10.0 Å². The van der Waals surface area contributed by atoms with Gasteiger partial charge in [0.15, 0.2) is 0 Å². The number of hydrogen-bond acceptors (Lipinski definition) is 4. The molecule has 1 fully saturated rings. The summed E-state index contributed by atoms with van der Waals surface area (Å²) in [5, 5.41) is 3.20. The maximum atomic E-state index is 12.6. The van der Waals surface area contributed by atoms with Crippen LogP contribution in [0.5, 0.6) is 0 Å². The van der Waals surface area contributed by atoms with Gasteiger partial charge in [-0.25, -0.2) is 8.42 Å². The first-order valence-corrected chi connectivity index (χ1v) is 10.6. The average molecular weight is 429 g/mol. The fourth-order valence-corrected chi connectivity index (χ4v) is 4.55. The number of carbonyl (C=O) groups is 1. The van der Waals surface area contributed by atoms with Gasteiger partial charge >= 0.3 is 0 Å². The van der Waals surface area contributed by atoms with Crippen LogP contribution in [0.25, 0.3) is 0 Å². The number of amides is 1. The fraction of sp³-hybridized carbons (Fsp3) is 0.278. The molecule has 3 rings (SSSR count). The molecule has 2 aromatic carbocycles. The molecule has 0 radical (unpaired) electrons. The van der Waals surface area contributed by atoms with E-state index in [9.17, 15) is 13.2 Å². The Balaban J connectivity index is 1.77. The first kappa shape index (κ1) is 19.9. The molecule has 0 saturated carbocycles. The van der Waals surface area contributed by atoms with Crippen molar-refractivity contribution >= 4 is 44.8 Å². The van der Waals surface area contributed by atoms with Crippen LogP contribution in [0.15, 0.2) is 47.4 Å². The van der Waals surface area contributed by atoms with Crippen LogP contribution in [-0.4, -0.2) is 33.6 Å². The highest BCUT2D eigenvalue weighted by atomic mass is 35.5. The molecule has 1 aliphatic heterocycles. The zero-order chi connectivity index (χ0) is 19.4. The molecular weight excluding hydrogens is 411 g/mol. The van der Waals surface area contributed by atoms with Crippen molar-refractivity contribution in [1.82, 2.24) is 5.32 Å². The molecule has 144 valence electrons. The van der Waals surface area contributed by atoms with E-state index in [0.29, 0.717) is 18.8 Å². The molecular formula is C18H18Cl2N2O4S. The zero-order valence-electron chi connectivity index (χ0n) is 14.2. The number of ether oxygens (including phenoxy) is 1. The molecule has 1 amide bonds. The fourth-order valence-electron chi connectivity index (χ4n) is 2.74. The van der Waals surface area contributed by atoms with E-state index in [1.165, 1.54) is 24.3 Å². The van der Waals surface area contributed by atoms with E-state index in [1.807, 2.05) is 0 Å². The topological polar surface area (TPSA) is 84.5 Å². The second kappa shape index (κ2) is 8.48. The van der Waals surface area contributed by atoms with Gasteiger partial charge in [-0.1, -0.05) is 29.3 Å². The van der Waals surface area contributed by atoms with E-state index in [2.05, 4.69) is 10.0 Å². The molecule has 0 aliphatic carbocycles. The van der Waals surface area contributed by atoms with Gasteiger partial charge in [0, 0.05) is 22.9 Å². The highest BCUT2D eigenvalue weighted by molar-refractivity contribution is 7.92. The maximum absolute atomic E-state index is 12.6. The molecule has 6 nitrogen and oxygen atoms in total. The summed E-state index contributed by atoms with van der Waals surface area (Å²) < 4.78 is 33.0. The number of carbonyl (C=O) groups excluding carboxylic acids is 1. The number of anilines is 1. The summed E-state index contributed by atoms with van der Waals surface area (Å²) in [4.78, 5) is 12.3. The van der Waals surface area contributed by atoms with Crippen LogP contribution in [0.3, 0.4) is 0 Å². The van der Waals surface area contributed by atoms with Crippen LogP contribution in [0.2, 0.25) is 10.0 Å². The van der Waals surface area contributed by atoms with Crippen LogP contribution in [0.4, 0.5) is 5.69 Å². The Morgan fingerprint density at radius 2 is 1.96 bits per heavy atom. The van der Waals surface area contributed by atoms with Gasteiger partial charge in [0.2, 0.25) is 0 Å². The van der Waals surface area contributed by atoms with Crippen LogP contribution in [0.1, 0.15) is 23.2 Å². The second-order valence-electron chi connectivity index (χ2n) is 6.15. The quantitative estimate of drug-likeness (QED) is 0.759. The predicted octanol–water partition coefficient (Wildman–Crippen LogP) is 3.70. The van der Waals surface area contributed by atoms with Crippen LogP contribution in [0, 0.1) is 0 Å². The second-order valence-corrected chi connectivity index (χ2v) is 8.64. The third-order valence-electron chi connectivity index (χ3n) is 4.06. The third kappa shape index (κ3) is 5.13. The van der Waals surface area contributed by atoms with Crippen molar-refractivity contribution in [2.75, 3.05) is 17.9 Å². The number of sulfonamides is 1. The Morgan fingerprint density at radius 3 is 2.70 bits per heavy atom. The molecule has 0 bridgehead atoms. The van der Waals surface area contributed by atoms with Crippen molar-refractivity contribution in [3.63, 3.8) is 0 Å². The molecule has 2 N–H and O–H groups in total. The summed E-state index contributed by atoms with van der Waals surface area (Å²) in [5.41, 5.74) is 0.594. The lowest BCUT2D eigenvalue weighted by Gasteiger charge is -2.23. The minimum atomic E-state index is -3.95. The van der Waals surface area contributed by atoms with Crippen molar-refractivity contribution in [2.24, 2.45) is 0 Å². The minimum absolute atomic E-state index is 0.0446. The molecule has 2 aromatic rings. The van der Waals surface area contributed by atoms with Gasteiger partial charge in [0.25, 0.3) is 15.9 Å². The largest absolute Gasteiger partial charge is 0.379 e. The van der Waals surface area contributed by atoms with Gasteiger partial charge < -0.3 is 10.1 Å².